The van der Waals surface area contributed by atoms with Crippen molar-refractivity contribution in [2.24, 2.45) is 0 Å². The number of nitrogens with zero attached hydrogens (tertiary/aromatic N) is 1. The summed E-state index contributed by atoms with van der Waals surface area (Å²) in [6.07, 6.45) is 2.19. The molecule has 0 aliphatic carbocycles. The lowest BCUT2D eigenvalue weighted by atomic mass is 9.97. The quantitative estimate of drug-likeness (QED) is 0.538. The first-order chi connectivity index (χ1) is 13.7. The molecule has 1 heterocycles. The number of amides is 2. The standard InChI is InChI=1S/C22H32N2O4S/c1-14(2)23-20(25)13-29-19-12-7-6-11-18(19)22(27)28-17(5)21(26)24-15(3)9-8-10-16(24)4/h6-7,11-12,14-17H,8-10,13H2,1-5H3,(H,23,25)/t15-,16-,17-/m1/s1. The van der Waals surface area contributed by atoms with E-state index in [2.05, 4.69) is 5.32 Å². The number of esters is 1. The third kappa shape index (κ3) is 6.49. The number of nitrogens with one attached hydrogen (secondary N) is 1. The molecule has 1 N–H and O–H groups in total. The van der Waals surface area contributed by atoms with Gasteiger partial charge in [-0.25, -0.2) is 4.79 Å². The molecule has 1 aromatic rings. The second-order valence-corrected chi connectivity index (χ2v) is 8.95. The van der Waals surface area contributed by atoms with Crippen molar-refractivity contribution in [3.63, 3.8) is 0 Å². The normalized spacial score (nSPS) is 20.3. The van der Waals surface area contributed by atoms with E-state index in [0.717, 1.165) is 19.3 Å². The van der Waals surface area contributed by atoms with Crippen molar-refractivity contribution in [2.45, 2.75) is 83.0 Å². The van der Waals surface area contributed by atoms with E-state index in [1.165, 1.54) is 11.8 Å². The Morgan fingerprint density at radius 1 is 1.14 bits per heavy atom. The van der Waals surface area contributed by atoms with Gasteiger partial charge in [0.05, 0.1) is 11.3 Å². The van der Waals surface area contributed by atoms with Crippen molar-refractivity contribution in [1.82, 2.24) is 10.2 Å². The number of benzene rings is 1. The van der Waals surface area contributed by atoms with Crippen LogP contribution in [0, 0.1) is 0 Å². The van der Waals surface area contributed by atoms with Gasteiger partial charge in [-0.3, -0.25) is 9.59 Å². The summed E-state index contributed by atoms with van der Waals surface area (Å²) in [6, 6.07) is 7.36. The molecule has 29 heavy (non-hydrogen) atoms. The van der Waals surface area contributed by atoms with Gasteiger partial charge in [0, 0.05) is 23.0 Å². The van der Waals surface area contributed by atoms with Gasteiger partial charge in [0.15, 0.2) is 6.10 Å². The number of carbonyl (C=O) groups is 3. The van der Waals surface area contributed by atoms with Gasteiger partial charge in [-0.15, -0.1) is 11.8 Å². The summed E-state index contributed by atoms with van der Waals surface area (Å²) < 4.78 is 5.52. The third-order valence-corrected chi connectivity index (χ3v) is 6.07. The highest BCUT2D eigenvalue weighted by molar-refractivity contribution is 8.00. The highest BCUT2D eigenvalue weighted by Gasteiger charge is 2.33. The summed E-state index contributed by atoms with van der Waals surface area (Å²) >= 11 is 1.28. The number of rotatable bonds is 7. The van der Waals surface area contributed by atoms with E-state index in [0.29, 0.717) is 10.5 Å². The lowest BCUT2D eigenvalue weighted by Gasteiger charge is -2.40. The zero-order valence-electron chi connectivity index (χ0n) is 17.9. The number of hydrogen-bond donors (Lipinski definition) is 1. The van der Waals surface area contributed by atoms with Crippen LogP contribution in [-0.4, -0.2) is 52.7 Å². The van der Waals surface area contributed by atoms with E-state index in [1.807, 2.05) is 38.7 Å². The Kier molecular flexibility index (Phi) is 8.56. The first-order valence-electron chi connectivity index (χ1n) is 10.2. The molecule has 0 radical (unpaired) electrons. The Hall–Kier alpha value is -2.02. The Labute approximate surface area is 177 Å². The molecule has 6 nitrogen and oxygen atoms in total. The van der Waals surface area contributed by atoms with Gasteiger partial charge in [-0.05, 0) is 66.0 Å². The largest absolute Gasteiger partial charge is 0.449 e. The number of piperidine rings is 1. The average Bonchev–Trinajstić information content (AvgIpc) is 2.65. The highest BCUT2D eigenvalue weighted by atomic mass is 32.2. The number of carbonyl (C=O) groups excluding carboxylic acids is 3. The molecule has 160 valence electrons. The van der Waals surface area contributed by atoms with E-state index >= 15 is 0 Å². The Bertz CT molecular complexity index is 727. The maximum absolute atomic E-state index is 12.9. The topological polar surface area (TPSA) is 75.7 Å². The fourth-order valence-electron chi connectivity index (χ4n) is 3.61. The molecule has 0 spiro atoms. The van der Waals surface area contributed by atoms with Crippen LogP contribution in [0.15, 0.2) is 29.2 Å². The smallest absolute Gasteiger partial charge is 0.340 e. The van der Waals surface area contributed by atoms with Gasteiger partial charge < -0.3 is 15.0 Å². The first-order valence-corrected chi connectivity index (χ1v) is 11.2. The predicted octanol–water partition coefficient (Wildman–Crippen LogP) is 3.64. The van der Waals surface area contributed by atoms with Crippen molar-refractivity contribution in [3.05, 3.63) is 29.8 Å². The predicted molar refractivity (Wildman–Crippen MR) is 115 cm³/mol. The minimum Gasteiger partial charge on any atom is -0.449 e. The molecule has 1 aliphatic heterocycles. The number of hydrogen-bond acceptors (Lipinski definition) is 5. The van der Waals surface area contributed by atoms with Crippen LogP contribution in [0.25, 0.3) is 0 Å². The fourth-order valence-corrected chi connectivity index (χ4v) is 4.46. The minimum atomic E-state index is -0.854. The summed E-state index contributed by atoms with van der Waals surface area (Å²) in [7, 11) is 0. The Balaban J connectivity index is 2.03. The number of thioether (sulfide) groups is 1. The Morgan fingerprint density at radius 2 is 1.76 bits per heavy atom. The molecule has 0 aromatic heterocycles. The minimum absolute atomic E-state index is 0.0646. The molecule has 2 rings (SSSR count). The summed E-state index contributed by atoms with van der Waals surface area (Å²) in [6.45, 7) is 9.50. The zero-order chi connectivity index (χ0) is 21.6. The molecular weight excluding hydrogens is 388 g/mol. The maximum atomic E-state index is 12.9. The van der Waals surface area contributed by atoms with E-state index in [1.54, 1.807) is 25.1 Å². The van der Waals surface area contributed by atoms with Crippen LogP contribution in [0.4, 0.5) is 0 Å². The van der Waals surface area contributed by atoms with E-state index in [9.17, 15) is 14.4 Å². The first kappa shape index (κ1) is 23.3. The van der Waals surface area contributed by atoms with Crippen molar-refractivity contribution in [1.29, 1.82) is 0 Å². The van der Waals surface area contributed by atoms with E-state index in [-0.39, 0.29) is 35.7 Å². The van der Waals surface area contributed by atoms with Crippen LogP contribution in [0.2, 0.25) is 0 Å². The highest BCUT2D eigenvalue weighted by Crippen LogP contribution is 2.26. The van der Waals surface area contributed by atoms with E-state index in [4.69, 9.17) is 4.74 Å². The van der Waals surface area contributed by atoms with Gasteiger partial charge in [-0.2, -0.15) is 0 Å². The average molecular weight is 421 g/mol. The molecule has 2 amide bonds. The molecule has 0 saturated carbocycles. The van der Waals surface area contributed by atoms with Crippen molar-refractivity contribution in [2.75, 3.05) is 5.75 Å². The molecule has 3 atom stereocenters. The van der Waals surface area contributed by atoms with E-state index < -0.39 is 12.1 Å². The van der Waals surface area contributed by atoms with Crippen LogP contribution in [0.1, 0.15) is 64.2 Å². The van der Waals surface area contributed by atoms with Crippen molar-refractivity contribution in [3.8, 4) is 0 Å². The van der Waals surface area contributed by atoms with Gasteiger partial charge in [0.2, 0.25) is 5.91 Å². The molecule has 1 aromatic carbocycles. The number of ether oxygens (including phenoxy) is 1. The van der Waals surface area contributed by atoms with Crippen molar-refractivity contribution >= 4 is 29.5 Å². The maximum Gasteiger partial charge on any atom is 0.340 e. The van der Waals surface area contributed by atoms with Gasteiger partial charge in [0.1, 0.15) is 0 Å². The third-order valence-electron chi connectivity index (χ3n) is 4.99. The summed E-state index contributed by atoms with van der Waals surface area (Å²) in [5.41, 5.74) is 0.370. The lowest BCUT2D eigenvalue weighted by Crippen LogP contribution is -2.51. The summed E-state index contributed by atoms with van der Waals surface area (Å²) in [5, 5.41) is 2.83. The second-order valence-electron chi connectivity index (χ2n) is 7.93. The van der Waals surface area contributed by atoms with Crippen LogP contribution < -0.4 is 5.32 Å². The molecular formula is C22H32N2O4S. The molecule has 1 aliphatic rings. The fraction of sp³-hybridized carbons (Fsp3) is 0.591. The van der Waals surface area contributed by atoms with Crippen LogP contribution >= 0.6 is 11.8 Å². The van der Waals surface area contributed by atoms with Crippen molar-refractivity contribution < 1.29 is 19.1 Å². The molecule has 7 heteroatoms. The molecule has 1 saturated heterocycles. The van der Waals surface area contributed by atoms with Gasteiger partial charge >= 0.3 is 5.97 Å². The monoisotopic (exact) mass is 420 g/mol. The molecule has 1 fully saturated rings. The van der Waals surface area contributed by atoms with Crippen LogP contribution in [0.3, 0.4) is 0 Å². The van der Waals surface area contributed by atoms with Gasteiger partial charge in [-0.1, -0.05) is 12.1 Å². The molecule has 0 unspecified atom stereocenters. The summed E-state index contributed by atoms with van der Waals surface area (Å²) in [4.78, 5) is 40.0. The number of likely N-dealkylation sites (tertiary alicyclic amines) is 1. The lowest BCUT2D eigenvalue weighted by molar-refractivity contribution is -0.146. The van der Waals surface area contributed by atoms with Gasteiger partial charge in [0.25, 0.3) is 5.91 Å². The van der Waals surface area contributed by atoms with Crippen LogP contribution in [0.5, 0.6) is 0 Å². The SMILES string of the molecule is CC(C)NC(=O)CSc1ccccc1C(=O)O[C@H](C)C(=O)N1[C@H](C)CCC[C@H]1C. The second kappa shape index (κ2) is 10.7. The Morgan fingerprint density at radius 3 is 2.38 bits per heavy atom. The molecule has 0 bridgehead atoms. The van der Waals surface area contributed by atoms with Crippen LogP contribution in [-0.2, 0) is 14.3 Å². The zero-order valence-corrected chi connectivity index (χ0v) is 18.8. The summed E-state index contributed by atoms with van der Waals surface area (Å²) in [5.74, 6) is -0.584.